The Kier molecular flexibility index (Phi) is 4.26. The Bertz CT molecular complexity index is 812. The summed E-state index contributed by atoms with van der Waals surface area (Å²) in [6.07, 6.45) is 2.36. The number of anilines is 1. The average Bonchev–Trinajstić information content (AvgIpc) is 2.38. The minimum atomic E-state index is -4.16. The van der Waals surface area contributed by atoms with Gasteiger partial charge in [0.15, 0.2) is 5.82 Å². The molecule has 21 heavy (non-hydrogen) atoms. The van der Waals surface area contributed by atoms with Crippen molar-refractivity contribution in [2.45, 2.75) is 4.90 Å². The number of non-ortho nitro benzene ring substituents is 1. The van der Waals surface area contributed by atoms with Crippen LogP contribution in [0.15, 0.2) is 35.5 Å². The SMILES string of the molecule is O=[N+]([O-])c1ccc(Cl)c(S(=O)(=O)Nc2cncc(Cl)n2)c1. The second-order valence-corrected chi connectivity index (χ2v) is 6.15. The van der Waals surface area contributed by atoms with Gasteiger partial charge in [-0.2, -0.15) is 0 Å². The molecule has 0 aliphatic heterocycles. The molecule has 0 aliphatic rings. The zero-order chi connectivity index (χ0) is 15.6. The summed E-state index contributed by atoms with van der Waals surface area (Å²) in [5.41, 5.74) is -0.406. The molecule has 0 amide bonds. The van der Waals surface area contributed by atoms with Crippen LogP contribution in [0.2, 0.25) is 10.2 Å². The molecule has 1 aromatic carbocycles. The van der Waals surface area contributed by atoms with Crippen LogP contribution in [0.1, 0.15) is 0 Å². The van der Waals surface area contributed by atoms with Gasteiger partial charge in [-0.3, -0.25) is 19.8 Å². The lowest BCUT2D eigenvalue weighted by molar-refractivity contribution is -0.385. The van der Waals surface area contributed by atoms with Crippen LogP contribution in [-0.2, 0) is 10.0 Å². The molecule has 1 heterocycles. The van der Waals surface area contributed by atoms with E-state index >= 15 is 0 Å². The first-order chi connectivity index (χ1) is 9.79. The highest BCUT2D eigenvalue weighted by molar-refractivity contribution is 7.92. The molecule has 2 aromatic rings. The molecule has 0 saturated heterocycles. The minimum absolute atomic E-state index is 0.0136. The number of nitro benzene ring substituents is 1. The molecule has 0 saturated carbocycles. The molecule has 0 fully saturated rings. The van der Waals surface area contributed by atoms with Gasteiger partial charge in [-0.05, 0) is 6.07 Å². The van der Waals surface area contributed by atoms with Crippen molar-refractivity contribution in [3.05, 3.63) is 50.9 Å². The van der Waals surface area contributed by atoms with Crippen LogP contribution in [0.3, 0.4) is 0 Å². The molecule has 0 spiro atoms. The Morgan fingerprint density at radius 1 is 1.24 bits per heavy atom. The van der Waals surface area contributed by atoms with Gasteiger partial charge in [0, 0.05) is 12.1 Å². The zero-order valence-corrected chi connectivity index (χ0v) is 12.4. The van der Waals surface area contributed by atoms with Gasteiger partial charge in [0.1, 0.15) is 10.0 Å². The van der Waals surface area contributed by atoms with Gasteiger partial charge < -0.3 is 0 Å². The molecule has 1 aromatic heterocycles. The lowest BCUT2D eigenvalue weighted by Gasteiger charge is -2.08. The Balaban J connectivity index is 2.44. The number of hydrogen-bond acceptors (Lipinski definition) is 6. The molecule has 8 nitrogen and oxygen atoms in total. The van der Waals surface area contributed by atoms with Gasteiger partial charge >= 0.3 is 0 Å². The third-order valence-electron chi connectivity index (χ3n) is 2.26. The Morgan fingerprint density at radius 3 is 2.57 bits per heavy atom. The van der Waals surface area contributed by atoms with Gasteiger partial charge in [0.05, 0.1) is 22.3 Å². The number of aromatic nitrogens is 2. The zero-order valence-electron chi connectivity index (χ0n) is 10.0. The summed E-state index contributed by atoms with van der Waals surface area (Å²) >= 11 is 11.4. The lowest BCUT2D eigenvalue weighted by atomic mass is 10.3. The first kappa shape index (κ1) is 15.4. The Labute approximate surface area is 128 Å². The molecule has 2 rings (SSSR count). The number of nitrogens with zero attached hydrogens (tertiary/aromatic N) is 3. The van der Waals surface area contributed by atoms with E-state index in [0.717, 1.165) is 24.4 Å². The van der Waals surface area contributed by atoms with E-state index in [9.17, 15) is 18.5 Å². The predicted molar refractivity (Wildman–Crippen MR) is 76.0 cm³/mol. The number of benzene rings is 1. The fourth-order valence-corrected chi connectivity index (χ4v) is 3.05. The number of sulfonamides is 1. The van der Waals surface area contributed by atoms with Crippen molar-refractivity contribution in [1.82, 2.24) is 9.97 Å². The number of hydrogen-bond donors (Lipinski definition) is 1. The quantitative estimate of drug-likeness (QED) is 0.670. The summed E-state index contributed by atoms with van der Waals surface area (Å²) < 4.78 is 26.4. The summed E-state index contributed by atoms with van der Waals surface area (Å²) in [6, 6.07) is 3.07. The van der Waals surface area contributed by atoms with Crippen LogP contribution in [-0.4, -0.2) is 23.3 Å². The minimum Gasteiger partial charge on any atom is -0.262 e. The Hall–Kier alpha value is -1.97. The molecule has 0 aliphatic carbocycles. The van der Waals surface area contributed by atoms with Crippen molar-refractivity contribution < 1.29 is 13.3 Å². The van der Waals surface area contributed by atoms with E-state index in [4.69, 9.17) is 23.2 Å². The van der Waals surface area contributed by atoms with Gasteiger partial charge in [-0.15, -0.1) is 0 Å². The standard InChI is InChI=1S/C10H6Cl2N4O4S/c11-7-2-1-6(16(17)18)3-8(7)21(19,20)15-10-5-13-4-9(12)14-10/h1-5H,(H,14,15). The second-order valence-electron chi connectivity index (χ2n) is 3.70. The van der Waals surface area contributed by atoms with Crippen LogP contribution < -0.4 is 4.72 Å². The maximum atomic E-state index is 12.2. The Morgan fingerprint density at radius 2 is 1.95 bits per heavy atom. The molecule has 110 valence electrons. The van der Waals surface area contributed by atoms with Gasteiger partial charge in [-0.25, -0.2) is 13.4 Å². The van der Waals surface area contributed by atoms with E-state index in [0.29, 0.717) is 0 Å². The van der Waals surface area contributed by atoms with Crippen molar-refractivity contribution in [1.29, 1.82) is 0 Å². The van der Waals surface area contributed by atoms with E-state index in [2.05, 4.69) is 14.7 Å². The summed E-state index contributed by atoms with van der Waals surface area (Å²) in [6.45, 7) is 0. The smallest absolute Gasteiger partial charge is 0.262 e. The van der Waals surface area contributed by atoms with E-state index in [-0.39, 0.29) is 16.0 Å². The van der Waals surface area contributed by atoms with E-state index in [1.807, 2.05) is 0 Å². The van der Waals surface area contributed by atoms with E-state index < -0.39 is 25.5 Å². The van der Waals surface area contributed by atoms with Crippen LogP contribution in [0.5, 0.6) is 0 Å². The molecule has 0 atom stereocenters. The summed E-state index contributed by atoms with van der Waals surface area (Å²) in [5.74, 6) is -0.134. The third-order valence-corrected chi connectivity index (χ3v) is 4.28. The normalized spacial score (nSPS) is 11.1. The molecule has 0 radical (unpaired) electrons. The molecular weight excluding hydrogens is 343 g/mol. The number of nitro groups is 1. The molecule has 0 unspecified atom stereocenters. The van der Waals surface area contributed by atoms with Crippen LogP contribution in [0.25, 0.3) is 0 Å². The number of nitrogens with one attached hydrogen (secondary N) is 1. The number of halogens is 2. The number of rotatable bonds is 4. The van der Waals surface area contributed by atoms with Crippen LogP contribution in [0, 0.1) is 10.1 Å². The van der Waals surface area contributed by atoms with Crippen molar-refractivity contribution in [2.24, 2.45) is 0 Å². The predicted octanol–water partition coefficient (Wildman–Crippen LogP) is 2.49. The summed E-state index contributed by atoms with van der Waals surface area (Å²) in [5, 5.41) is 10.5. The van der Waals surface area contributed by atoms with Crippen molar-refractivity contribution in [2.75, 3.05) is 4.72 Å². The van der Waals surface area contributed by atoms with Crippen molar-refractivity contribution in [3.8, 4) is 0 Å². The maximum Gasteiger partial charge on any atom is 0.270 e. The topological polar surface area (TPSA) is 115 Å². The van der Waals surface area contributed by atoms with Crippen molar-refractivity contribution >= 4 is 44.7 Å². The van der Waals surface area contributed by atoms with Crippen LogP contribution in [0.4, 0.5) is 11.5 Å². The summed E-state index contributed by atoms with van der Waals surface area (Å²) in [4.78, 5) is 16.9. The second kappa shape index (κ2) is 5.80. The van der Waals surface area contributed by atoms with Crippen molar-refractivity contribution in [3.63, 3.8) is 0 Å². The highest BCUT2D eigenvalue weighted by Gasteiger charge is 2.22. The fourth-order valence-electron chi connectivity index (χ4n) is 1.40. The summed E-state index contributed by atoms with van der Waals surface area (Å²) in [7, 11) is -4.16. The highest BCUT2D eigenvalue weighted by Crippen LogP contribution is 2.27. The first-order valence-corrected chi connectivity index (χ1v) is 7.48. The molecule has 11 heteroatoms. The first-order valence-electron chi connectivity index (χ1n) is 5.24. The largest absolute Gasteiger partial charge is 0.270 e. The van der Waals surface area contributed by atoms with Gasteiger partial charge in [0.25, 0.3) is 15.7 Å². The molecule has 1 N–H and O–H groups in total. The monoisotopic (exact) mass is 348 g/mol. The molecular formula is C10H6Cl2N4O4S. The van der Waals surface area contributed by atoms with Crippen LogP contribution >= 0.6 is 23.2 Å². The lowest BCUT2D eigenvalue weighted by Crippen LogP contribution is -2.15. The average molecular weight is 349 g/mol. The van der Waals surface area contributed by atoms with Gasteiger partial charge in [0.2, 0.25) is 0 Å². The fraction of sp³-hybridized carbons (Fsp3) is 0. The van der Waals surface area contributed by atoms with E-state index in [1.165, 1.54) is 6.20 Å². The van der Waals surface area contributed by atoms with Gasteiger partial charge in [-0.1, -0.05) is 23.2 Å². The van der Waals surface area contributed by atoms with E-state index in [1.54, 1.807) is 0 Å². The molecule has 0 bridgehead atoms. The third kappa shape index (κ3) is 3.57. The highest BCUT2D eigenvalue weighted by atomic mass is 35.5. The maximum absolute atomic E-state index is 12.2.